The Hall–Kier alpha value is -2.25. The molecule has 0 aliphatic rings. The van der Waals surface area contributed by atoms with Crippen molar-refractivity contribution in [2.24, 2.45) is 0 Å². The van der Waals surface area contributed by atoms with Crippen LogP contribution >= 0.6 is 0 Å². The minimum Gasteiger partial charge on any atom is -0.352 e. The Morgan fingerprint density at radius 3 is 2.40 bits per heavy atom. The van der Waals surface area contributed by atoms with Crippen molar-refractivity contribution in [2.45, 2.75) is 31.2 Å². The van der Waals surface area contributed by atoms with Crippen molar-refractivity contribution in [1.29, 1.82) is 0 Å². The van der Waals surface area contributed by atoms with Gasteiger partial charge in [0.25, 0.3) is 5.91 Å². The van der Waals surface area contributed by atoms with Gasteiger partial charge in [-0.2, -0.15) is 0 Å². The Labute approximate surface area is 147 Å². The number of hydrogen-bond acceptors (Lipinski definition) is 3. The van der Waals surface area contributed by atoms with Crippen LogP contribution in [0.1, 0.15) is 29.8 Å². The predicted octanol–water partition coefficient (Wildman–Crippen LogP) is 2.48. The maximum absolute atomic E-state index is 13.1. The molecule has 2 aromatic rings. The standard InChI is InChI=1S/C18H21FN2O3S/c1-13(2)21-25(23,24)17-8-6-14(7-9-17)10-11-20-18(22)15-4-3-5-16(19)12-15/h3-9,12-13,21H,10-11H2,1-2H3,(H,20,22). The smallest absolute Gasteiger partial charge is 0.251 e. The lowest BCUT2D eigenvalue weighted by Gasteiger charge is -2.10. The van der Waals surface area contributed by atoms with E-state index in [-0.39, 0.29) is 22.4 Å². The van der Waals surface area contributed by atoms with Crippen molar-refractivity contribution in [3.05, 3.63) is 65.5 Å². The topological polar surface area (TPSA) is 75.3 Å². The number of amides is 1. The normalized spacial score (nSPS) is 11.5. The molecule has 0 fully saturated rings. The van der Waals surface area contributed by atoms with Gasteiger partial charge in [-0.15, -0.1) is 0 Å². The van der Waals surface area contributed by atoms with Crippen LogP contribution < -0.4 is 10.0 Å². The third-order valence-electron chi connectivity index (χ3n) is 3.41. The summed E-state index contributed by atoms with van der Waals surface area (Å²) in [5, 5.41) is 2.71. The molecule has 0 saturated carbocycles. The third-order valence-corrected chi connectivity index (χ3v) is 5.09. The minimum atomic E-state index is -3.51. The van der Waals surface area contributed by atoms with Gasteiger partial charge in [0, 0.05) is 18.2 Å². The molecule has 0 bridgehead atoms. The average Bonchev–Trinajstić information content (AvgIpc) is 2.54. The molecule has 134 valence electrons. The van der Waals surface area contributed by atoms with E-state index in [1.807, 2.05) is 0 Å². The van der Waals surface area contributed by atoms with Gasteiger partial charge in [0.1, 0.15) is 5.82 Å². The van der Waals surface area contributed by atoms with Crippen LogP contribution in [-0.4, -0.2) is 26.9 Å². The minimum absolute atomic E-state index is 0.178. The van der Waals surface area contributed by atoms with Gasteiger partial charge in [-0.3, -0.25) is 4.79 Å². The van der Waals surface area contributed by atoms with E-state index >= 15 is 0 Å². The summed E-state index contributed by atoms with van der Waals surface area (Å²) in [6.07, 6.45) is 0.541. The van der Waals surface area contributed by atoms with Crippen molar-refractivity contribution in [1.82, 2.24) is 10.0 Å². The first-order valence-corrected chi connectivity index (χ1v) is 9.41. The van der Waals surface area contributed by atoms with Crippen molar-refractivity contribution in [3.8, 4) is 0 Å². The Morgan fingerprint density at radius 2 is 1.80 bits per heavy atom. The lowest BCUT2D eigenvalue weighted by molar-refractivity contribution is 0.0953. The highest BCUT2D eigenvalue weighted by Gasteiger charge is 2.14. The lowest BCUT2D eigenvalue weighted by atomic mass is 10.1. The number of carbonyl (C=O) groups excluding carboxylic acids is 1. The summed E-state index contributed by atoms with van der Waals surface area (Å²) in [7, 11) is -3.51. The number of rotatable bonds is 7. The number of carbonyl (C=O) groups is 1. The van der Waals surface area contributed by atoms with E-state index in [1.54, 1.807) is 32.0 Å². The number of benzene rings is 2. The summed E-state index contributed by atoms with van der Waals surface area (Å²) in [6, 6.07) is 11.8. The highest BCUT2D eigenvalue weighted by atomic mass is 32.2. The summed E-state index contributed by atoms with van der Waals surface area (Å²) in [5.74, 6) is -0.806. The fourth-order valence-electron chi connectivity index (χ4n) is 2.27. The number of hydrogen-bond donors (Lipinski definition) is 2. The molecule has 0 aromatic heterocycles. The van der Waals surface area contributed by atoms with Gasteiger partial charge in [-0.25, -0.2) is 17.5 Å². The Balaban J connectivity index is 1.91. The molecule has 0 unspecified atom stereocenters. The first-order valence-electron chi connectivity index (χ1n) is 7.93. The summed E-state index contributed by atoms with van der Waals surface area (Å²) >= 11 is 0. The SMILES string of the molecule is CC(C)NS(=O)(=O)c1ccc(CCNC(=O)c2cccc(F)c2)cc1. The van der Waals surface area contributed by atoms with Crippen LogP contribution in [0.5, 0.6) is 0 Å². The summed E-state index contributed by atoms with van der Waals surface area (Å²) in [5.41, 5.74) is 1.16. The zero-order chi connectivity index (χ0) is 18.4. The Morgan fingerprint density at radius 1 is 1.12 bits per heavy atom. The van der Waals surface area contributed by atoms with Crippen molar-refractivity contribution in [2.75, 3.05) is 6.54 Å². The number of halogens is 1. The van der Waals surface area contributed by atoms with Crippen LogP contribution in [-0.2, 0) is 16.4 Å². The molecule has 0 heterocycles. The van der Waals surface area contributed by atoms with Gasteiger partial charge in [-0.1, -0.05) is 18.2 Å². The van der Waals surface area contributed by atoms with Crippen LogP contribution in [0.25, 0.3) is 0 Å². The van der Waals surface area contributed by atoms with Crippen molar-refractivity contribution in [3.63, 3.8) is 0 Å². The maximum atomic E-state index is 13.1. The van der Waals surface area contributed by atoms with Gasteiger partial charge in [-0.05, 0) is 56.2 Å². The van der Waals surface area contributed by atoms with Gasteiger partial charge in [0.2, 0.25) is 10.0 Å². The van der Waals surface area contributed by atoms with Crippen molar-refractivity contribution >= 4 is 15.9 Å². The molecule has 0 radical (unpaired) electrons. The fraction of sp³-hybridized carbons (Fsp3) is 0.278. The monoisotopic (exact) mass is 364 g/mol. The molecule has 2 N–H and O–H groups in total. The quantitative estimate of drug-likeness (QED) is 0.793. The lowest BCUT2D eigenvalue weighted by Crippen LogP contribution is -2.30. The molecule has 0 aliphatic heterocycles. The summed E-state index contributed by atoms with van der Waals surface area (Å²) < 4.78 is 39.7. The molecule has 0 aliphatic carbocycles. The molecule has 0 atom stereocenters. The molecule has 25 heavy (non-hydrogen) atoms. The van der Waals surface area contributed by atoms with E-state index in [2.05, 4.69) is 10.0 Å². The van der Waals surface area contributed by atoms with Crippen molar-refractivity contribution < 1.29 is 17.6 Å². The molecule has 2 aromatic carbocycles. The van der Waals surface area contributed by atoms with E-state index in [9.17, 15) is 17.6 Å². The summed E-state index contributed by atoms with van der Waals surface area (Å²) in [6.45, 7) is 3.88. The zero-order valence-corrected chi connectivity index (χ0v) is 14.9. The van der Waals surface area contributed by atoms with E-state index in [0.717, 1.165) is 5.56 Å². The Bertz CT molecular complexity index is 834. The first-order chi connectivity index (χ1) is 11.8. The second-order valence-corrected chi connectivity index (χ2v) is 7.65. The summed E-state index contributed by atoms with van der Waals surface area (Å²) in [4.78, 5) is 12.1. The average molecular weight is 364 g/mol. The molecule has 7 heteroatoms. The highest BCUT2D eigenvalue weighted by Crippen LogP contribution is 2.11. The van der Waals surface area contributed by atoms with Gasteiger partial charge in [0.05, 0.1) is 4.90 Å². The molecule has 2 rings (SSSR count). The van der Waals surface area contributed by atoms with Crippen LogP contribution in [0.4, 0.5) is 4.39 Å². The van der Waals surface area contributed by atoms with Gasteiger partial charge >= 0.3 is 0 Å². The van der Waals surface area contributed by atoms with E-state index in [0.29, 0.717) is 13.0 Å². The fourth-order valence-corrected chi connectivity index (χ4v) is 3.52. The van der Waals surface area contributed by atoms with Crippen LogP contribution in [0.15, 0.2) is 53.4 Å². The second kappa shape index (κ2) is 8.22. The molecule has 5 nitrogen and oxygen atoms in total. The maximum Gasteiger partial charge on any atom is 0.251 e. The molecule has 0 spiro atoms. The Kier molecular flexibility index (Phi) is 6.27. The predicted molar refractivity (Wildman–Crippen MR) is 94.3 cm³/mol. The van der Waals surface area contributed by atoms with Crippen LogP contribution in [0.2, 0.25) is 0 Å². The molecular formula is C18H21FN2O3S. The third kappa shape index (κ3) is 5.65. The molecule has 0 saturated heterocycles. The van der Waals surface area contributed by atoms with Gasteiger partial charge in [0.15, 0.2) is 0 Å². The largest absolute Gasteiger partial charge is 0.352 e. The van der Waals surface area contributed by atoms with E-state index in [1.165, 1.54) is 30.3 Å². The van der Waals surface area contributed by atoms with E-state index in [4.69, 9.17) is 0 Å². The zero-order valence-electron chi connectivity index (χ0n) is 14.1. The van der Waals surface area contributed by atoms with Crippen LogP contribution in [0, 0.1) is 5.82 Å². The van der Waals surface area contributed by atoms with Gasteiger partial charge < -0.3 is 5.32 Å². The first kappa shape index (κ1) is 19.1. The number of nitrogens with one attached hydrogen (secondary N) is 2. The van der Waals surface area contributed by atoms with E-state index < -0.39 is 15.8 Å². The second-order valence-electron chi connectivity index (χ2n) is 5.94. The highest BCUT2D eigenvalue weighted by molar-refractivity contribution is 7.89. The molecule has 1 amide bonds. The number of sulfonamides is 1. The van der Waals surface area contributed by atoms with Crippen LogP contribution in [0.3, 0.4) is 0 Å². The molecular weight excluding hydrogens is 343 g/mol.